The van der Waals surface area contributed by atoms with Gasteiger partial charge in [-0.1, -0.05) is 0 Å². The lowest BCUT2D eigenvalue weighted by atomic mass is 10.9. The van der Waals surface area contributed by atoms with Gasteiger partial charge in [-0.2, -0.15) is 0 Å². The van der Waals surface area contributed by atoms with Gasteiger partial charge in [0.15, 0.2) is 0 Å². The Balaban J connectivity index is 3.87. The Morgan fingerprint density at radius 3 is 1.40 bits per heavy atom. The Labute approximate surface area is 60.2 Å². The van der Waals surface area contributed by atoms with E-state index in [4.69, 9.17) is 14.2 Å². The third-order valence-corrected chi connectivity index (χ3v) is 1.03. The molecule has 10 heavy (non-hydrogen) atoms. The fourth-order valence-corrected chi connectivity index (χ4v) is 0.500. The van der Waals surface area contributed by atoms with Gasteiger partial charge in [0.2, 0.25) is 0 Å². The molecule has 0 aliphatic heterocycles. The molecule has 0 aromatic carbocycles. The van der Waals surface area contributed by atoms with Crippen molar-refractivity contribution in [3.8, 4) is 0 Å². The maximum Gasteiger partial charge on any atom is 0.372 e. The van der Waals surface area contributed by atoms with Crippen LogP contribution >= 0.6 is 0 Å². The second-order valence-corrected chi connectivity index (χ2v) is 1.47. The minimum atomic E-state index is -1.30. The molecule has 0 heterocycles. The molecule has 62 valence electrons. The summed E-state index contributed by atoms with van der Waals surface area (Å²) in [6.45, 7) is 0. The van der Waals surface area contributed by atoms with Crippen LogP contribution in [0, 0.1) is 0 Å². The molecule has 0 amide bonds. The number of hydrogen-bond acceptors (Lipinski definition) is 5. The summed E-state index contributed by atoms with van der Waals surface area (Å²) in [7, 11) is 5.73. The van der Waals surface area contributed by atoms with Crippen molar-refractivity contribution in [2.24, 2.45) is 0 Å². The molecule has 0 aliphatic rings. The molecule has 5 nitrogen and oxygen atoms in total. The van der Waals surface area contributed by atoms with E-state index in [2.05, 4.69) is 10.3 Å². The molecule has 0 bridgehead atoms. The Morgan fingerprint density at radius 1 is 0.900 bits per heavy atom. The number of hydroxylamine groups is 1. The first-order valence-electron chi connectivity index (χ1n) is 2.70. The van der Waals surface area contributed by atoms with Gasteiger partial charge >= 0.3 is 6.10 Å². The average molecular weight is 151 g/mol. The van der Waals surface area contributed by atoms with Gasteiger partial charge in [0.1, 0.15) is 0 Å². The Bertz CT molecular complexity index is 75.5. The molecule has 0 unspecified atom stereocenters. The van der Waals surface area contributed by atoms with Crippen LogP contribution in [-0.4, -0.2) is 34.5 Å². The molecule has 0 saturated heterocycles. The molecule has 0 atom stereocenters. The van der Waals surface area contributed by atoms with Gasteiger partial charge in [0, 0.05) is 21.3 Å². The molecule has 0 rings (SSSR count). The largest absolute Gasteiger partial charge is 0.372 e. The second kappa shape index (κ2) is 4.59. The van der Waals surface area contributed by atoms with E-state index in [0.29, 0.717) is 0 Å². The summed E-state index contributed by atoms with van der Waals surface area (Å²) in [4.78, 5) is 4.56. The maximum atomic E-state index is 4.80. The zero-order chi connectivity index (χ0) is 8.04. The van der Waals surface area contributed by atoms with Crippen molar-refractivity contribution in [2.45, 2.75) is 6.10 Å². The van der Waals surface area contributed by atoms with E-state index in [1.807, 2.05) is 0 Å². The summed E-state index contributed by atoms with van der Waals surface area (Å²) in [5.41, 5.74) is 2.38. The smallest absolute Gasteiger partial charge is 0.316 e. The Hall–Kier alpha value is -0.200. The highest BCUT2D eigenvalue weighted by atomic mass is 16.9. The first kappa shape index (κ1) is 9.80. The first-order valence-corrected chi connectivity index (χ1v) is 2.70. The van der Waals surface area contributed by atoms with E-state index in [0.717, 1.165) is 0 Å². The van der Waals surface area contributed by atoms with Gasteiger partial charge in [-0.05, 0) is 0 Å². The third kappa shape index (κ3) is 2.20. The molecule has 0 aromatic heterocycles. The average Bonchev–Trinajstić information content (AvgIpc) is 2.01. The van der Waals surface area contributed by atoms with Crippen LogP contribution in [0.25, 0.3) is 0 Å². The zero-order valence-corrected chi connectivity index (χ0v) is 6.63. The topological polar surface area (TPSA) is 49.0 Å². The maximum absolute atomic E-state index is 4.80. The summed E-state index contributed by atoms with van der Waals surface area (Å²) < 4.78 is 14.4. The van der Waals surface area contributed by atoms with E-state index in [1.165, 1.54) is 28.4 Å². The minimum Gasteiger partial charge on any atom is -0.316 e. The minimum absolute atomic E-state index is 1.30. The Morgan fingerprint density at radius 2 is 1.30 bits per heavy atom. The number of hydrogen-bond donors (Lipinski definition) is 1. The van der Waals surface area contributed by atoms with Crippen molar-refractivity contribution in [1.82, 2.24) is 5.48 Å². The summed E-state index contributed by atoms with van der Waals surface area (Å²) in [6, 6.07) is 0. The molecular formula is C5H13NO4. The van der Waals surface area contributed by atoms with Crippen LogP contribution in [0.5, 0.6) is 0 Å². The highest BCUT2D eigenvalue weighted by molar-refractivity contribution is 4.39. The van der Waals surface area contributed by atoms with Gasteiger partial charge in [0.25, 0.3) is 0 Å². The summed E-state index contributed by atoms with van der Waals surface area (Å²) in [5, 5.41) is 0. The van der Waals surface area contributed by atoms with Crippen LogP contribution in [-0.2, 0) is 19.0 Å². The quantitative estimate of drug-likeness (QED) is 0.431. The zero-order valence-electron chi connectivity index (χ0n) is 6.63. The van der Waals surface area contributed by atoms with Crippen LogP contribution in [0.15, 0.2) is 0 Å². The van der Waals surface area contributed by atoms with Crippen LogP contribution in [0.2, 0.25) is 0 Å². The fourth-order valence-electron chi connectivity index (χ4n) is 0.500. The van der Waals surface area contributed by atoms with Crippen molar-refractivity contribution in [3.05, 3.63) is 0 Å². The summed E-state index contributed by atoms with van der Waals surface area (Å²) >= 11 is 0. The Kier molecular flexibility index (Phi) is 4.50. The fraction of sp³-hybridized carbons (Fsp3) is 1.00. The van der Waals surface area contributed by atoms with Crippen molar-refractivity contribution in [2.75, 3.05) is 28.4 Å². The lowest BCUT2D eigenvalue weighted by Crippen LogP contribution is -2.49. The number of ether oxygens (including phenoxy) is 3. The van der Waals surface area contributed by atoms with Gasteiger partial charge in [-0.3, -0.25) is 4.84 Å². The van der Waals surface area contributed by atoms with Crippen LogP contribution in [0.3, 0.4) is 0 Å². The predicted molar refractivity (Wildman–Crippen MR) is 33.9 cm³/mol. The normalized spacial score (nSPS) is 12.0. The molecule has 1 N–H and O–H groups in total. The van der Waals surface area contributed by atoms with E-state index in [9.17, 15) is 0 Å². The predicted octanol–water partition coefficient (Wildman–Crippen LogP) is -0.312. The second-order valence-electron chi connectivity index (χ2n) is 1.47. The molecule has 0 radical (unpaired) electrons. The lowest BCUT2D eigenvalue weighted by Gasteiger charge is -2.27. The molecular weight excluding hydrogens is 138 g/mol. The molecule has 0 fully saturated rings. The molecule has 0 aliphatic carbocycles. The summed E-state index contributed by atoms with van der Waals surface area (Å²) in [5.74, 6) is 0. The lowest BCUT2D eigenvalue weighted by molar-refractivity contribution is -0.404. The van der Waals surface area contributed by atoms with Crippen LogP contribution in [0.1, 0.15) is 0 Å². The number of nitrogens with one attached hydrogen (secondary N) is 1. The van der Waals surface area contributed by atoms with Crippen molar-refractivity contribution in [1.29, 1.82) is 0 Å². The highest BCUT2D eigenvalue weighted by Gasteiger charge is 2.29. The highest BCUT2D eigenvalue weighted by Crippen LogP contribution is 2.05. The van der Waals surface area contributed by atoms with Crippen LogP contribution in [0.4, 0.5) is 0 Å². The SMILES string of the molecule is CONC(OC)(OC)OC. The van der Waals surface area contributed by atoms with Gasteiger partial charge in [-0.25, -0.2) is 0 Å². The molecule has 0 spiro atoms. The van der Waals surface area contributed by atoms with Crippen molar-refractivity contribution >= 4 is 0 Å². The monoisotopic (exact) mass is 151 g/mol. The van der Waals surface area contributed by atoms with E-state index in [-0.39, 0.29) is 0 Å². The van der Waals surface area contributed by atoms with Crippen LogP contribution < -0.4 is 5.48 Å². The van der Waals surface area contributed by atoms with E-state index in [1.54, 1.807) is 0 Å². The van der Waals surface area contributed by atoms with Crippen molar-refractivity contribution in [3.63, 3.8) is 0 Å². The van der Waals surface area contributed by atoms with Gasteiger partial charge in [-0.15, -0.1) is 5.48 Å². The van der Waals surface area contributed by atoms with Gasteiger partial charge in [0.05, 0.1) is 7.11 Å². The standard InChI is InChI=1S/C5H13NO4/c1-7-5(8-2,9-3)6-10-4/h6H,1-4H3. The number of methoxy groups -OCH3 is 3. The van der Waals surface area contributed by atoms with Gasteiger partial charge < -0.3 is 14.2 Å². The van der Waals surface area contributed by atoms with E-state index < -0.39 is 6.10 Å². The number of rotatable bonds is 5. The van der Waals surface area contributed by atoms with Crippen molar-refractivity contribution < 1.29 is 19.0 Å². The molecule has 0 saturated carbocycles. The van der Waals surface area contributed by atoms with E-state index >= 15 is 0 Å². The summed E-state index contributed by atoms with van der Waals surface area (Å²) in [6.07, 6.45) is -1.30. The molecule has 5 heteroatoms. The third-order valence-electron chi connectivity index (χ3n) is 1.03. The molecule has 0 aromatic rings. The first-order chi connectivity index (χ1) is 4.74.